The average molecular weight is 320 g/mol. The number of halogens is 1. The highest BCUT2D eigenvalue weighted by Crippen LogP contribution is 2.26. The SMILES string of the molecule is CCNc1cccc(Nc2cc(C)c(Br)c(C)c2)n1. The fraction of sp³-hybridized carbons (Fsp3) is 0.267. The number of pyridine rings is 1. The van der Waals surface area contributed by atoms with Crippen molar-refractivity contribution in [1.29, 1.82) is 0 Å². The number of benzene rings is 1. The molecule has 1 heterocycles. The number of nitrogens with one attached hydrogen (secondary N) is 2. The minimum absolute atomic E-state index is 0.847. The van der Waals surface area contributed by atoms with Gasteiger partial charge in [-0.1, -0.05) is 22.0 Å². The van der Waals surface area contributed by atoms with E-state index in [1.54, 1.807) is 0 Å². The van der Waals surface area contributed by atoms with Gasteiger partial charge in [0.1, 0.15) is 11.6 Å². The number of anilines is 3. The minimum atomic E-state index is 0.847. The van der Waals surface area contributed by atoms with E-state index >= 15 is 0 Å². The molecule has 1 aromatic heterocycles. The highest BCUT2D eigenvalue weighted by Gasteiger charge is 2.03. The average Bonchev–Trinajstić information content (AvgIpc) is 2.37. The van der Waals surface area contributed by atoms with E-state index in [0.29, 0.717) is 0 Å². The Morgan fingerprint density at radius 3 is 2.37 bits per heavy atom. The minimum Gasteiger partial charge on any atom is -0.370 e. The number of rotatable bonds is 4. The first kappa shape index (κ1) is 13.9. The summed E-state index contributed by atoms with van der Waals surface area (Å²) in [6.45, 7) is 7.10. The van der Waals surface area contributed by atoms with Crippen LogP contribution in [0.15, 0.2) is 34.8 Å². The Morgan fingerprint density at radius 2 is 1.74 bits per heavy atom. The number of nitrogens with zero attached hydrogens (tertiary/aromatic N) is 1. The molecule has 0 aliphatic carbocycles. The molecule has 3 nitrogen and oxygen atoms in total. The first-order chi connectivity index (χ1) is 9.10. The van der Waals surface area contributed by atoms with Crippen LogP contribution in [0.25, 0.3) is 0 Å². The molecule has 2 N–H and O–H groups in total. The Bertz CT molecular complexity index is 558. The van der Waals surface area contributed by atoms with Gasteiger partial charge in [0.05, 0.1) is 0 Å². The molecule has 0 aliphatic rings. The Balaban J connectivity index is 2.23. The molecule has 0 fully saturated rings. The predicted molar refractivity (Wildman–Crippen MR) is 85.3 cm³/mol. The lowest BCUT2D eigenvalue weighted by molar-refractivity contribution is 1.16. The summed E-state index contributed by atoms with van der Waals surface area (Å²) in [6.07, 6.45) is 0. The van der Waals surface area contributed by atoms with E-state index in [9.17, 15) is 0 Å². The Kier molecular flexibility index (Phi) is 4.43. The lowest BCUT2D eigenvalue weighted by Gasteiger charge is -2.11. The molecular formula is C15H18BrN3. The standard InChI is InChI=1S/C15H18BrN3/c1-4-17-13-6-5-7-14(19-13)18-12-8-10(2)15(16)11(3)9-12/h5-9H,4H2,1-3H3,(H2,17,18,19). The van der Waals surface area contributed by atoms with E-state index in [-0.39, 0.29) is 0 Å². The summed E-state index contributed by atoms with van der Waals surface area (Å²) in [5.74, 6) is 1.73. The van der Waals surface area contributed by atoms with Gasteiger partial charge >= 0.3 is 0 Å². The van der Waals surface area contributed by atoms with Crippen LogP contribution in [0.3, 0.4) is 0 Å². The van der Waals surface area contributed by atoms with Crippen molar-refractivity contribution in [3.8, 4) is 0 Å². The van der Waals surface area contributed by atoms with Crippen LogP contribution in [-0.4, -0.2) is 11.5 Å². The Hall–Kier alpha value is -1.55. The van der Waals surface area contributed by atoms with Gasteiger partial charge in [0.2, 0.25) is 0 Å². The topological polar surface area (TPSA) is 37.0 Å². The lowest BCUT2D eigenvalue weighted by Crippen LogP contribution is -2.01. The van der Waals surface area contributed by atoms with Crippen molar-refractivity contribution in [3.05, 3.63) is 45.9 Å². The molecule has 19 heavy (non-hydrogen) atoms. The van der Waals surface area contributed by atoms with Crippen molar-refractivity contribution in [2.45, 2.75) is 20.8 Å². The van der Waals surface area contributed by atoms with Gasteiger partial charge in [-0.2, -0.15) is 0 Å². The van der Waals surface area contributed by atoms with Gasteiger partial charge in [0.15, 0.2) is 0 Å². The summed E-state index contributed by atoms with van der Waals surface area (Å²) in [4.78, 5) is 4.51. The van der Waals surface area contributed by atoms with Gasteiger partial charge in [-0.05, 0) is 56.2 Å². The third-order valence-electron chi connectivity index (χ3n) is 2.82. The molecule has 2 aromatic rings. The largest absolute Gasteiger partial charge is 0.370 e. The normalized spacial score (nSPS) is 10.3. The first-order valence-electron chi connectivity index (χ1n) is 6.35. The Morgan fingerprint density at radius 1 is 1.11 bits per heavy atom. The van der Waals surface area contributed by atoms with Crippen molar-refractivity contribution >= 4 is 33.3 Å². The van der Waals surface area contributed by atoms with E-state index < -0.39 is 0 Å². The highest BCUT2D eigenvalue weighted by molar-refractivity contribution is 9.10. The van der Waals surface area contributed by atoms with Crippen LogP contribution in [0.2, 0.25) is 0 Å². The molecule has 0 saturated heterocycles. The predicted octanol–water partition coefficient (Wildman–Crippen LogP) is 4.64. The van der Waals surface area contributed by atoms with Gasteiger partial charge in [-0.25, -0.2) is 4.98 Å². The maximum atomic E-state index is 4.51. The Labute approximate surface area is 122 Å². The molecule has 0 saturated carbocycles. The number of aryl methyl sites for hydroxylation is 2. The lowest BCUT2D eigenvalue weighted by atomic mass is 10.1. The summed E-state index contributed by atoms with van der Waals surface area (Å²) in [5, 5.41) is 6.55. The maximum absolute atomic E-state index is 4.51. The number of hydrogen-bond donors (Lipinski definition) is 2. The van der Waals surface area contributed by atoms with Crippen molar-refractivity contribution in [2.24, 2.45) is 0 Å². The quantitative estimate of drug-likeness (QED) is 0.862. The van der Waals surface area contributed by atoms with Gasteiger partial charge < -0.3 is 10.6 Å². The molecule has 0 aliphatic heterocycles. The van der Waals surface area contributed by atoms with Crippen LogP contribution in [0.4, 0.5) is 17.3 Å². The summed E-state index contributed by atoms with van der Waals surface area (Å²) in [7, 11) is 0. The van der Waals surface area contributed by atoms with Crippen LogP contribution in [0.1, 0.15) is 18.1 Å². The smallest absolute Gasteiger partial charge is 0.132 e. The van der Waals surface area contributed by atoms with Crippen molar-refractivity contribution in [1.82, 2.24) is 4.98 Å². The zero-order valence-corrected chi connectivity index (χ0v) is 13.0. The second-order valence-corrected chi connectivity index (χ2v) is 5.28. The van der Waals surface area contributed by atoms with Crippen LogP contribution < -0.4 is 10.6 Å². The van der Waals surface area contributed by atoms with Gasteiger partial charge in [0, 0.05) is 16.7 Å². The van der Waals surface area contributed by atoms with E-state index in [1.807, 2.05) is 18.2 Å². The molecule has 100 valence electrons. The fourth-order valence-electron chi connectivity index (χ4n) is 1.95. The van der Waals surface area contributed by atoms with Gasteiger partial charge in [0.25, 0.3) is 0 Å². The molecule has 0 bridgehead atoms. The van der Waals surface area contributed by atoms with Crippen LogP contribution in [0, 0.1) is 13.8 Å². The summed E-state index contributed by atoms with van der Waals surface area (Å²) in [5.41, 5.74) is 3.48. The summed E-state index contributed by atoms with van der Waals surface area (Å²) in [6, 6.07) is 10.1. The molecule has 0 unspecified atom stereocenters. The molecule has 0 radical (unpaired) electrons. The molecule has 0 amide bonds. The van der Waals surface area contributed by atoms with Gasteiger partial charge in [-0.15, -0.1) is 0 Å². The zero-order valence-electron chi connectivity index (χ0n) is 11.4. The van der Waals surface area contributed by atoms with Crippen LogP contribution in [-0.2, 0) is 0 Å². The van der Waals surface area contributed by atoms with Crippen LogP contribution >= 0.6 is 15.9 Å². The monoisotopic (exact) mass is 319 g/mol. The van der Waals surface area contributed by atoms with Crippen LogP contribution in [0.5, 0.6) is 0 Å². The number of aromatic nitrogens is 1. The highest BCUT2D eigenvalue weighted by atomic mass is 79.9. The zero-order chi connectivity index (χ0) is 13.8. The van der Waals surface area contributed by atoms with E-state index in [2.05, 4.69) is 64.5 Å². The van der Waals surface area contributed by atoms with Crippen molar-refractivity contribution in [3.63, 3.8) is 0 Å². The second-order valence-electron chi connectivity index (χ2n) is 4.49. The third kappa shape index (κ3) is 3.47. The first-order valence-corrected chi connectivity index (χ1v) is 7.14. The molecule has 2 rings (SSSR count). The molecule has 0 spiro atoms. The molecule has 1 aromatic carbocycles. The summed E-state index contributed by atoms with van der Waals surface area (Å²) < 4.78 is 1.16. The second kappa shape index (κ2) is 6.06. The van der Waals surface area contributed by atoms with E-state index in [4.69, 9.17) is 0 Å². The van der Waals surface area contributed by atoms with E-state index in [1.165, 1.54) is 11.1 Å². The van der Waals surface area contributed by atoms with Crippen molar-refractivity contribution < 1.29 is 0 Å². The van der Waals surface area contributed by atoms with E-state index in [0.717, 1.165) is 28.3 Å². The fourth-order valence-corrected chi connectivity index (χ4v) is 2.18. The van der Waals surface area contributed by atoms with Gasteiger partial charge in [-0.3, -0.25) is 0 Å². The molecular weight excluding hydrogens is 302 g/mol. The maximum Gasteiger partial charge on any atom is 0.132 e. The summed E-state index contributed by atoms with van der Waals surface area (Å²) >= 11 is 3.58. The molecule has 4 heteroatoms. The number of hydrogen-bond acceptors (Lipinski definition) is 3. The van der Waals surface area contributed by atoms with Crippen molar-refractivity contribution in [2.75, 3.05) is 17.2 Å². The third-order valence-corrected chi connectivity index (χ3v) is 4.07. The molecule has 0 atom stereocenters.